The smallest absolute Gasteiger partial charge is 0.00771 e. The van der Waals surface area contributed by atoms with E-state index in [9.17, 15) is 0 Å². The lowest BCUT2D eigenvalue weighted by Gasteiger charge is -2.40. The maximum atomic E-state index is 5.64. The molecule has 19 heavy (non-hydrogen) atoms. The Labute approximate surface area is 121 Å². The van der Waals surface area contributed by atoms with Crippen LogP contribution in [0.4, 0.5) is 0 Å². The fourth-order valence-electron chi connectivity index (χ4n) is 3.99. The molecule has 2 heteroatoms. The summed E-state index contributed by atoms with van der Waals surface area (Å²) in [7, 11) is 0. The first-order valence-electron chi connectivity index (χ1n) is 7.94. The minimum Gasteiger partial charge on any atom is -0.330 e. The summed E-state index contributed by atoms with van der Waals surface area (Å²) in [5, 5.41) is 0. The van der Waals surface area contributed by atoms with Crippen LogP contribution in [0.2, 0.25) is 0 Å². The molecule has 0 fully saturated rings. The molecule has 0 aliphatic carbocycles. The van der Waals surface area contributed by atoms with Crippen molar-refractivity contribution < 1.29 is 0 Å². The SMILES string of the molecule is CC(C)(CCCN)CC(C)(C)CC(C)(C)CCCN. The standard InChI is InChI=1S/C17H38N2/c1-15(2,9-7-11-18)13-17(5,6)14-16(3,4)10-8-12-19/h7-14,18-19H2,1-6H3. The van der Waals surface area contributed by atoms with Gasteiger partial charge in [0.15, 0.2) is 0 Å². The Morgan fingerprint density at radius 3 is 1.16 bits per heavy atom. The van der Waals surface area contributed by atoms with E-state index in [1.807, 2.05) is 0 Å². The van der Waals surface area contributed by atoms with Crippen LogP contribution < -0.4 is 11.5 Å². The van der Waals surface area contributed by atoms with Crippen LogP contribution in [0.1, 0.15) is 80.1 Å². The van der Waals surface area contributed by atoms with E-state index in [0.29, 0.717) is 16.2 Å². The molecule has 0 heterocycles. The summed E-state index contributed by atoms with van der Waals surface area (Å²) in [6, 6.07) is 0. The van der Waals surface area contributed by atoms with E-state index in [0.717, 1.165) is 25.9 Å². The summed E-state index contributed by atoms with van der Waals surface area (Å²) in [6.45, 7) is 16.0. The van der Waals surface area contributed by atoms with Gasteiger partial charge in [0.25, 0.3) is 0 Å². The summed E-state index contributed by atoms with van der Waals surface area (Å²) in [6.07, 6.45) is 7.28. The number of hydrogen-bond acceptors (Lipinski definition) is 2. The third-order valence-electron chi connectivity index (χ3n) is 4.03. The Hall–Kier alpha value is -0.0800. The average molecular weight is 271 g/mol. The van der Waals surface area contributed by atoms with Gasteiger partial charge in [0.1, 0.15) is 0 Å². The van der Waals surface area contributed by atoms with Crippen LogP contribution in [0.25, 0.3) is 0 Å². The van der Waals surface area contributed by atoms with E-state index in [1.165, 1.54) is 25.7 Å². The van der Waals surface area contributed by atoms with E-state index >= 15 is 0 Å². The van der Waals surface area contributed by atoms with Crippen LogP contribution in [0.15, 0.2) is 0 Å². The van der Waals surface area contributed by atoms with Crippen molar-refractivity contribution in [3.63, 3.8) is 0 Å². The molecule has 0 aromatic heterocycles. The van der Waals surface area contributed by atoms with Gasteiger partial charge in [0, 0.05) is 0 Å². The second-order valence-electron chi connectivity index (χ2n) is 8.63. The first-order valence-corrected chi connectivity index (χ1v) is 7.94. The maximum absolute atomic E-state index is 5.64. The molecule has 0 saturated heterocycles. The normalized spacial score (nSPS) is 13.9. The molecule has 0 bridgehead atoms. The molecule has 0 radical (unpaired) electrons. The molecule has 0 saturated carbocycles. The predicted octanol–water partition coefficient (Wildman–Crippen LogP) is 4.32. The van der Waals surface area contributed by atoms with Gasteiger partial charge >= 0.3 is 0 Å². The molecule has 116 valence electrons. The van der Waals surface area contributed by atoms with Crippen LogP contribution >= 0.6 is 0 Å². The van der Waals surface area contributed by atoms with E-state index in [-0.39, 0.29) is 0 Å². The quantitative estimate of drug-likeness (QED) is 0.621. The number of rotatable bonds is 10. The Kier molecular flexibility index (Phi) is 7.60. The highest BCUT2D eigenvalue weighted by molar-refractivity contribution is 4.84. The molecule has 4 N–H and O–H groups in total. The van der Waals surface area contributed by atoms with Crippen molar-refractivity contribution in [1.29, 1.82) is 0 Å². The minimum absolute atomic E-state index is 0.385. The molecular formula is C17H38N2. The van der Waals surface area contributed by atoms with Crippen LogP contribution in [0.3, 0.4) is 0 Å². The summed E-state index contributed by atoms with van der Waals surface area (Å²) >= 11 is 0. The number of nitrogens with two attached hydrogens (primary N) is 2. The molecule has 0 amide bonds. The predicted molar refractivity (Wildman–Crippen MR) is 87.2 cm³/mol. The molecule has 0 aromatic carbocycles. The highest BCUT2D eigenvalue weighted by Gasteiger charge is 2.33. The van der Waals surface area contributed by atoms with Crippen LogP contribution in [-0.2, 0) is 0 Å². The van der Waals surface area contributed by atoms with E-state index in [4.69, 9.17) is 11.5 Å². The third-order valence-corrected chi connectivity index (χ3v) is 4.03. The molecule has 0 spiro atoms. The largest absolute Gasteiger partial charge is 0.330 e. The topological polar surface area (TPSA) is 52.0 Å². The monoisotopic (exact) mass is 270 g/mol. The average Bonchev–Trinajstić information content (AvgIpc) is 2.20. The van der Waals surface area contributed by atoms with Gasteiger partial charge in [0.2, 0.25) is 0 Å². The van der Waals surface area contributed by atoms with Gasteiger partial charge in [-0.15, -0.1) is 0 Å². The van der Waals surface area contributed by atoms with E-state index in [2.05, 4.69) is 41.5 Å². The lowest BCUT2D eigenvalue weighted by atomic mass is 9.65. The molecule has 0 aromatic rings. The molecular weight excluding hydrogens is 232 g/mol. The molecule has 0 unspecified atom stereocenters. The minimum atomic E-state index is 0.385. The molecule has 0 rings (SSSR count). The molecule has 0 aliphatic rings. The van der Waals surface area contributed by atoms with Crippen molar-refractivity contribution in [2.45, 2.75) is 80.1 Å². The Morgan fingerprint density at radius 1 is 0.579 bits per heavy atom. The van der Waals surface area contributed by atoms with Crippen molar-refractivity contribution in [2.75, 3.05) is 13.1 Å². The van der Waals surface area contributed by atoms with Crippen molar-refractivity contribution in [3.05, 3.63) is 0 Å². The van der Waals surface area contributed by atoms with Gasteiger partial charge in [-0.05, 0) is 67.9 Å². The molecule has 2 nitrogen and oxygen atoms in total. The zero-order valence-electron chi connectivity index (χ0n) is 14.3. The van der Waals surface area contributed by atoms with Gasteiger partial charge in [-0.25, -0.2) is 0 Å². The van der Waals surface area contributed by atoms with Crippen LogP contribution in [0.5, 0.6) is 0 Å². The highest BCUT2D eigenvalue weighted by atomic mass is 14.5. The van der Waals surface area contributed by atoms with Crippen LogP contribution in [0, 0.1) is 16.2 Å². The maximum Gasteiger partial charge on any atom is -0.00771 e. The summed E-state index contributed by atoms with van der Waals surface area (Å²) in [4.78, 5) is 0. The first kappa shape index (κ1) is 18.9. The van der Waals surface area contributed by atoms with Gasteiger partial charge in [-0.3, -0.25) is 0 Å². The fraction of sp³-hybridized carbons (Fsp3) is 1.00. The Balaban J connectivity index is 4.44. The van der Waals surface area contributed by atoms with Gasteiger partial charge in [0.05, 0.1) is 0 Å². The summed E-state index contributed by atoms with van der Waals surface area (Å²) in [5.74, 6) is 0. The lowest BCUT2D eigenvalue weighted by Crippen LogP contribution is -2.29. The Bertz CT molecular complexity index is 218. The van der Waals surface area contributed by atoms with Crippen LogP contribution in [-0.4, -0.2) is 13.1 Å². The highest BCUT2D eigenvalue weighted by Crippen LogP contribution is 2.44. The zero-order valence-corrected chi connectivity index (χ0v) is 14.3. The van der Waals surface area contributed by atoms with Crippen molar-refractivity contribution >= 4 is 0 Å². The summed E-state index contributed by atoms with van der Waals surface area (Å²) < 4.78 is 0. The second kappa shape index (κ2) is 7.64. The second-order valence-corrected chi connectivity index (χ2v) is 8.63. The van der Waals surface area contributed by atoms with Crippen molar-refractivity contribution in [2.24, 2.45) is 27.7 Å². The summed E-state index contributed by atoms with van der Waals surface area (Å²) in [5.41, 5.74) is 12.5. The van der Waals surface area contributed by atoms with Crippen molar-refractivity contribution in [1.82, 2.24) is 0 Å². The fourth-order valence-corrected chi connectivity index (χ4v) is 3.99. The molecule has 0 atom stereocenters. The Morgan fingerprint density at radius 2 is 0.895 bits per heavy atom. The van der Waals surface area contributed by atoms with E-state index in [1.54, 1.807) is 0 Å². The third kappa shape index (κ3) is 9.45. The molecule has 0 aliphatic heterocycles. The first-order chi connectivity index (χ1) is 8.54. The van der Waals surface area contributed by atoms with E-state index < -0.39 is 0 Å². The van der Waals surface area contributed by atoms with Gasteiger partial charge in [-0.1, -0.05) is 41.5 Å². The zero-order chi connectivity index (χ0) is 15.2. The van der Waals surface area contributed by atoms with Gasteiger partial charge < -0.3 is 11.5 Å². The van der Waals surface area contributed by atoms with Crippen molar-refractivity contribution in [3.8, 4) is 0 Å². The number of hydrogen-bond donors (Lipinski definition) is 2. The lowest BCUT2D eigenvalue weighted by molar-refractivity contribution is 0.112. The van der Waals surface area contributed by atoms with Gasteiger partial charge in [-0.2, -0.15) is 0 Å².